The largest absolute Gasteiger partial charge is 0.299 e. The summed E-state index contributed by atoms with van der Waals surface area (Å²) >= 11 is 0. The maximum Gasteiger partial charge on any atom is 0.179 e. The van der Waals surface area contributed by atoms with Gasteiger partial charge in [-0.25, -0.2) is 8.78 Å². The van der Waals surface area contributed by atoms with Crippen LogP contribution in [0.4, 0.5) is 8.78 Å². The van der Waals surface area contributed by atoms with Crippen LogP contribution in [0.5, 0.6) is 0 Å². The minimum Gasteiger partial charge on any atom is -0.299 e. The number of carbonyl (C=O) groups excluding carboxylic acids is 1. The van der Waals surface area contributed by atoms with Gasteiger partial charge in [-0.05, 0) is 57.1 Å². The van der Waals surface area contributed by atoms with Crippen LogP contribution in [0.3, 0.4) is 0 Å². The third-order valence-corrected chi connectivity index (χ3v) is 4.48. The van der Waals surface area contributed by atoms with Crippen LogP contribution in [0.2, 0.25) is 0 Å². The van der Waals surface area contributed by atoms with E-state index in [9.17, 15) is 13.6 Å². The summed E-state index contributed by atoms with van der Waals surface area (Å²) in [6, 6.07) is 3.56. The van der Waals surface area contributed by atoms with E-state index in [2.05, 4.69) is 9.80 Å². The van der Waals surface area contributed by atoms with Crippen molar-refractivity contribution in [2.75, 3.05) is 32.7 Å². The molecule has 3 rings (SSSR count). The molecule has 2 saturated heterocycles. The summed E-state index contributed by atoms with van der Waals surface area (Å²) in [6.07, 6.45) is 3.40. The number of nitrogens with zero attached hydrogens (tertiary/aromatic N) is 2. The molecule has 0 radical (unpaired) electrons. The van der Waals surface area contributed by atoms with E-state index in [0.717, 1.165) is 50.8 Å². The predicted octanol–water partition coefficient (Wildman–Crippen LogP) is 2.32. The summed E-state index contributed by atoms with van der Waals surface area (Å²) < 4.78 is 26.8. The first-order chi connectivity index (χ1) is 10.1. The molecule has 3 nitrogen and oxygen atoms in total. The summed E-state index contributed by atoms with van der Waals surface area (Å²) in [4.78, 5) is 16.8. The Balaban J connectivity index is 1.67. The van der Waals surface area contributed by atoms with Crippen LogP contribution in [0.1, 0.15) is 29.6 Å². The smallest absolute Gasteiger partial charge is 0.179 e. The Morgan fingerprint density at radius 1 is 1.19 bits per heavy atom. The van der Waals surface area contributed by atoms with Crippen LogP contribution in [0.15, 0.2) is 18.2 Å². The second kappa shape index (κ2) is 6.20. The van der Waals surface area contributed by atoms with Crippen molar-refractivity contribution in [2.45, 2.75) is 25.3 Å². The molecule has 2 aliphatic rings. The van der Waals surface area contributed by atoms with Gasteiger partial charge >= 0.3 is 0 Å². The van der Waals surface area contributed by atoms with E-state index >= 15 is 0 Å². The van der Waals surface area contributed by atoms with Crippen molar-refractivity contribution in [2.24, 2.45) is 0 Å². The van der Waals surface area contributed by atoms with Crippen LogP contribution in [0, 0.1) is 11.6 Å². The Bertz CT molecular complexity index is 535. The molecule has 2 heterocycles. The van der Waals surface area contributed by atoms with Gasteiger partial charge in [-0.1, -0.05) is 0 Å². The molecule has 0 bridgehead atoms. The third-order valence-electron chi connectivity index (χ3n) is 4.48. The Kier molecular flexibility index (Phi) is 4.31. The molecule has 0 N–H and O–H groups in total. The number of rotatable bonds is 3. The Morgan fingerprint density at radius 2 is 2.00 bits per heavy atom. The molecule has 1 atom stereocenters. The molecule has 2 aliphatic heterocycles. The number of hydrogen-bond acceptors (Lipinski definition) is 3. The maximum absolute atomic E-state index is 13.7. The first-order valence-corrected chi connectivity index (χ1v) is 7.58. The summed E-state index contributed by atoms with van der Waals surface area (Å²) in [7, 11) is 0. The number of benzene rings is 1. The van der Waals surface area contributed by atoms with Crippen LogP contribution >= 0.6 is 0 Å². The first-order valence-electron chi connectivity index (χ1n) is 7.58. The molecule has 1 aromatic carbocycles. The Hall–Kier alpha value is -1.33. The number of hydrogen-bond donors (Lipinski definition) is 0. The molecule has 114 valence electrons. The van der Waals surface area contributed by atoms with Gasteiger partial charge in [0.25, 0.3) is 0 Å². The van der Waals surface area contributed by atoms with E-state index < -0.39 is 11.6 Å². The van der Waals surface area contributed by atoms with Crippen molar-refractivity contribution in [3.63, 3.8) is 0 Å². The zero-order valence-electron chi connectivity index (χ0n) is 12.0. The molecule has 0 aliphatic carbocycles. The van der Waals surface area contributed by atoms with Gasteiger partial charge in [0.15, 0.2) is 5.78 Å². The normalized spacial score (nSPS) is 23.8. The van der Waals surface area contributed by atoms with Crippen molar-refractivity contribution in [1.29, 1.82) is 0 Å². The highest BCUT2D eigenvalue weighted by Crippen LogP contribution is 2.21. The minimum absolute atomic E-state index is 0.137. The van der Waals surface area contributed by atoms with Crippen LogP contribution in [-0.4, -0.2) is 54.3 Å². The average molecular weight is 294 g/mol. The van der Waals surface area contributed by atoms with Gasteiger partial charge in [0, 0.05) is 12.6 Å². The highest BCUT2D eigenvalue weighted by Gasteiger charge is 2.29. The quantitative estimate of drug-likeness (QED) is 0.799. The van der Waals surface area contributed by atoms with Gasteiger partial charge in [0.2, 0.25) is 0 Å². The lowest BCUT2D eigenvalue weighted by atomic mass is 10.1. The minimum atomic E-state index is -0.640. The van der Waals surface area contributed by atoms with Crippen molar-refractivity contribution < 1.29 is 13.6 Å². The second-order valence-corrected chi connectivity index (χ2v) is 5.97. The predicted molar refractivity (Wildman–Crippen MR) is 76.3 cm³/mol. The maximum atomic E-state index is 13.7. The highest BCUT2D eigenvalue weighted by molar-refractivity contribution is 5.97. The number of halogens is 2. The van der Waals surface area contributed by atoms with E-state index in [0.29, 0.717) is 6.04 Å². The molecule has 0 saturated carbocycles. The molecule has 0 aromatic heterocycles. The number of Topliss-reactive ketones (excluding diaryl/α,β-unsaturated/α-hetero) is 1. The number of ketones is 1. The van der Waals surface area contributed by atoms with Gasteiger partial charge in [-0.2, -0.15) is 0 Å². The van der Waals surface area contributed by atoms with Gasteiger partial charge in [-0.15, -0.1) is 0 Å². The highest BCUT2D eigenvalue weighted by atomic mass is 19.1. The van der Waals surface area contributed by atoms with Crippen LogP contribution < -0.4 is 0 Å². The fourth-order valence-electron chi connectivity index (χ4n) is 3.43. The van der Waals surface area contributed by atoms with Crippen molar-refractivity contribution in [1.82, 2.24) is 9.80 Å². The van der Waals surface area contributed by atoms with Gasteiger partial charge in [0.05, 0.1) is 12.1 Å². The van der Waals surface area contributed by atoms with E-state index in [-0.39, 0.29) is 17.9 Å². The Labute approximate surface area is 123 Å². The topological polar surface area (TPSA) is 23.6 Å². The van der Waals surface area contributed by atoms with Crippen LogP contribution in [-0.2, 0) is 0 Å². The van der Waals surface area contributed by atoms with Gasteiger partial charge in [0.1, 0.15) is 11.6 Å². The lowest BCUT2D eigenvalue weighted by Crippen LogP contribution is -2.39. The summed E-state index contributed by atoms with van der Waals surface area (Å²) in [5.41, 5.74) is -0.137. The molecule has 21 heavy (non-hydrogen) atoms. The molecule has 0 spiro atoms. The average Bonchev–Trinajstić information content (AvgIpc) is 2.80. The van der Waals surface area contributed by atoms with E-state index in [1.54, 1.807) is 0 Å². The van der Waals surface area contributed by atoms with E-state index in [4.69, 9.17) is 0 Å². The monoisotopic (exact) mass is 294 g/mol. The van der Waals surface area contributed by atoms with Gasteiger partial charge in [-0.3, -0.25) is 14.6 Å². The Morgan fingerprint density at radius 3 is 2.86 bits per heavy atom. The fraction of sp³-hybridized carbons (Fsp3) is 0.562. The molecule has 1 unspecified atom stereocenters. The lowest BCUT2D eigenvalue weighted by Gasteiger charge is -2.25. The second-order valence-electron chi connectivity index (χ2n) is 5.97. The zero-order chi connectivity index (χ0) is 14.8. The zero-order valence-corrected chi connectivity index (χ0v) is 12.0. The SMILES string of the molecule is O=C(CN1CCCN2CCCC2C1)c1cc(F)ccc1F. The van der Waals surface area contributed by atoms with Crippen molar-refractivity contribution >= 4 is 5.78 Å². The van der Waals surface area contributed by atoms with Crippen molar-refractivity contribution in [3.8, 4) is 0 Å². The molecule has 5 heteroatoms. The van der Waals surface area contributed by atoms with Crippen molar-refractivity contribution in [3.05, 3.63) is 35.4 Å². The fourth-order valence-corrected chi connectivity index (χ4v) is 3.43. The molecule has 0 amide bonds. The third kappa shape index (κ3) is 3.30. The standard InChI is InChI=1S/C16H20F2N2O/c17-12-4-5-15(18)14(9-12)16(21)11-19-6-2-8-20-7-1-3-13(20)10-19/h4-5,9,13H,1-3,6-8,10-11H2. The lowest BCUT2D eigenvalue weighted by molar-refractivity contribution is 0.0920. The summed E-state index contributed by atoms with van der Waals surface area (Å²) in [6.45, 7) is 4.08. The van der Waals surface area contributed by atoms with Gasteiger partial charge < -0.3 is 0 Å². The van der Waals surface area contributed by atoms with E-state index in [1.807, 2.05) is 0 Å². The molecular weight excluding hydrogens is 274 g/mol. The first kappa shape index (κ1) is 14.6. The summed E-state index contributed by atoms with van der Waals surface area (Å²) in [5, 5.41) is 0. The number of fused-ring (bicyclic) bond motifs is 1. The molecular formula is C16H20F2N2O. The molecule has 1 aromatic rings. The number of carbonyl (C=O) groups is 1. The molecule has 2 fully saturated rings. The van der Waals surface area contributed by atoms with Crippen LogP contribution in [0.25, 0.3) is 0 Å². The summed E-state index contributed by atoms with van der Waals surface area (Å²) in [5.74, 6) is -1.55. The van der Waals surface area contributed by atoms with E-state index in [1.165, 1.54) is 12.8 Å².